The molecule has 0 aromatic carbocycles. The third-order valence-electron chi connectivity index (χ3n) is 14.1. The van der Waals surface area contributed by atoms with E-state index in [2.05, 4.69) is 6.92 Å². The first-order chi connectivity index (χ1) is 42.9. The molecule has 3 rings (SSSR count). The van der Waals surface area contributed by atoms with Crippen molar-refractivity contribution < 1.29 is 142 Å². The van der Waals surface area contributed by atoms with Gasteiger partial charge in [-0.25, -0.2) is 0 Å². The fourth-order valence-corrected chi connectivity index (χ4v) is 13.4. The van der Waals surface area contributed by atoms with Crippen LogP contribution in [0.4, 0.5) is 0 Å². The molecule has 3 aliphatic heterocycles. The lowest BCUT2D eigenvalue weighted by Crippen LogP contribution is -2.70. The van der Waals surface area contributed by atoms with E-state index in [0.717, 1.165) is 128 Å². The summed E-state index contributed by atoms with van der Waals surface area (Å²) in [6, 6.07) is -0.488. The Morgan fingerprint density at radius 1 is 0.264 bits per heavy atom. The average Bonchev–Trinajstić information content (AvgIpc) is 0.820. The van der Waals surface area contributed by atoms with Gasteiger partial charge in [0.25, 0.3) is 0 Å². The van der Waals surface area contributed by atoms with Gasteiger partial charge in [0.05, 0.1) is 0 Å². The minimum absolute atomic E-state index is 0.0201. The third-order valence-corrected chi connectivity index (χ3v) is 16.8. The molecule has 0 N–H and O–H groups in total. The topological polar surface area (TPSA) is 371 Å². The summed E-state index contributed by atoms with van der Waals surface area (Å²) in [5.74, 6) is -11.9. The Morgan fingerprint density at radius 2 is 0.462 bits per heavy atom. The number of unbranched alkanes of at least 4 members (excludes halogenated alkanes) is 15. The predicted octanol–water partition coefficient (Wildman–Crippen LogP) is 5.49. The van der Waals surface area contributed by atoms with E-state index in [1.807, 2.05) is 0 Å². The molecule has 3 saturated heterocycles. The van der Waals surface area contributed by atoms with Crippen LogP contribution in [0.5, 0.6) is 0 Å². The number of hydrogen-bond acceptors (Lipinski definition) is 30. The molecule has 0 radical (unpaired) electrons. The summed E-state index contributed by atoms with van der Waals surface area (Å²) in [4.78, 5) is 155. The molecule has 3 aliphatic rings. The summed E-state index contributed by atoms with van der Waals surface area (Å²) in [7, 11) is -5.55. The van der Waals surface area contributed by atoms with Crippen LogP contribution in [0.15, 0.2) is 0 Å². The van der Waals surface area contributed by atoms with Crippen LogP contribution in [0, 0.1) is 0 Å². The number of esters is 12. The van der Waals surface area contributed by atoms with Crippen LogP contribution in [-0.4, -0.2) is 192 Å². The van der Waals surface area contributed by atoms with E-state index in [9.17, 15) is 57.5 Å². The van der Waals surface area contributed by atoms with Crippen molar-refractivity contribution in [1.82, 2.24) is 0 Å². The lowest BCUT2D eigenvalue weighted by molar-refractivity contribution is -0.329. The Morgan fingerprint density at radius 3 is 0.670 bits per heavy atom. The van der Waals surface area contributed by atoms with Gasteiger partial charge in [-0.2, -0.15) is 0 Å². The third kappa shape index (κ3) is 29.0. The lowest BCUT2D eigenvalue weighted by atomic mass is 9.98. The fourth-order valence-electron chi connectivity index (χ4n) is 10.5. The highest BCUT2D eigenvalue weighted by molar-refractivity contribution is 6.60. The van der Waals surface area contributed by atoms with Crippen LogP contribution in [0.25, 0.3) is 0 Å². The first-order valence-electron chi connectivity index (χ1n) is 30.9. The SMILES string of the molecule is CCCCCCCCCCCCCCCCCC[Si](O[C@H]1O[C@H](COC(C)=O)[C@@H](OC(C)=O)[C@H](OC(C)=O)[C@H]1OC(C)=O)(O[C@H]1O[C@H](COC(C)=O)[C@@H](OC(C)=O)[C@H](OC(C)=O)[C@H]1OC(C)=O)O[C@H]1O[C@H](COC(C)=O)[C@@H](OC(C)=O)[C@H](OC(C)=O)[C@H]1OC(C)=O. The van der Waals surface area contributed by atoms with Crippen molar-refractivity contribution in [2.24, 2.45) is 0 Å². The van der Waals surface area contributed by atoms with Gasteiger partial charge in [0.15, 0.2) is 73.8 Å². The van der Waals surface area contributed by atoms with Gasteiger partial charge < -0.3 is 84.3 Å². The van der Waals surface area contributed by atoms with Crippen molar-refractivity contribution >= 4 is 80.4 Å². The average molecular weight is 1320 g/mol. The molecule has 0 bridgehead atoms. The van der Waals surface area contributed by atoms with Gasteiger partial charge >= 0.3 is 80.4 Å². The molecule has 0 unspecified atom stereocenters. The molecule has 15 atom stereocenters. The van der Waals surface area contributed by atoms with Crippen LogP contribution >= 0.6 is 0 Å². The minimum Gasteiger partial charge on any atom is -0.463 e. The molecule has 0 spiro atoms. The van der Waals surface area contributed by atoms with Gasteiger partial charge in [-0.15, -0.1) is 0 Å². The van der Waals surface area contributed by atoms with Crippen LogP contribution in [0.2, 0.25) is 6.04 Å². The molecule has 3 fully saturated rings. The monoisotopic (exact) mass is 1320 g/mol. The summed E-state index contributed by atoms with van der Waals surface area (Å²) in [5, 5.41) is 0. The highest BCUT2D eigenvalue weighted by Crippen LogP contribution is 2.40. The minimum atomic E-state index is -5.55. The van der Waals surface area contributed by atoms with E-state index in [1.165, 1.54) is 38.5 Å². The molecule has 30 nitrogen and oxygen atoms in total. The predicted molar refractivity (Wildman–Crippen MR) is 309 cm³/mol. The Bertz CT molecular complexity index is 2170. The molecule has 31 heteroatoms. The highest BCUT2D eigenvalue weighted by Gasteiger charge is 2.63. The maximum atomic E-state index is 13.3. The number of carbonyl (C=O) groups excluding carboxylic acids is 12. The molecule has 0 saturated carbocycles. The van der Waals surface area contributed by atoms with Gasteiger partial charge in [-0.3, -0.25) is 57.5 Å². The summed E-state index contributed by atoms with van der Waals surface area (Å²) < 4.78 is 108. The second-order valence-corrected chi connectivity index (χ2v) is 24.9. The Hall–Kier alpha value is -6.38. The maximum absolute atomic E-state index is 13.3. The first kappa shape index (κ1) is 78.9. The van der Waals surface area contributed by atoms with Gasteiger partial charge in [0, 0.05) is 89.1 Å². The van der Waals surface area contributed by atoms with Crippen molar-refractivity contribution in [1.29, 1.82) is 0 Å². The van der Waals surface area contributed by atoms with Gasteiger partial charge in [0.2, 0.25) is 0 Å². The van der Waals surface area contributed by atoms with Gasteiger partial charge in [-0.05, 0) is 6.42 Å². The van der Waals surface area contributed by atoms with E-state index in [1.54, 1.807) is 0 Å². The van der Waals surface area contributed by atoms with E-state index in [-0.39, 0.29) is 6.42 Å². The zero-order chi connectivity index (χ0) is 68.0. The molecule has 0 aromatic rings. The van der Waals surface area contributed by atoms with Crippen LogP contribution < -0.4 is 0 Å². The van der Waals surface area contributed by atoms with Gasteiger partial charge in [0.1, 0.15) is 38.1 Å². The second kappa shape index (κ2) is 40.6. The molecule has 0 amide bonds. The zero-order valence-electron chi connectivity index (χ0n) is 54.5. The smallest absolute Gasteiger partial charge is 0.463 e. The largest absolute Gasteiger partial charge is 0.507 e. The molecule has 91 heavy (non-hydrogen) atoms. The van der Waals surface area contributed by atoms with Crippen molar-refractivity contribution in [3.05, 3.63) is 0 Å². The molecule has 3 heterocycles. The maximum Gasteiger partial charge on any atom is 0.507 e. The quantitative estimate of drug-likeness (QED) is 0.0319. The van der Waals surface area contributed by atoms with Crippen LogP contribution in [0.3, 0.4) is 0 Å². The standard InChI is InChI=1S/C60H94O30Si/c1-14-15-16-17-18-19-20-21-22-23-24-25-26-27-28-29-30-91(88-58-55(82-43(11)70)52(79-40(8)67)49(76-37(5)64)46(85-58)31-73-34(2)61,89-59-56(83-44(12)71)53(80-41(9)68)50(77-38(6)65)47(86-59)32-74-35(3)62)90-60-57(84-45(13)72)54(81-42(10)69)51(78-39(7)66)48(87-60)33-75-36(4)63/h46-60H,14-33H2,1-13H3/t46-,47-,48-,49-,50-,51-,52+,53+,54+,55-,56-,57-,58-,59-,60-/m1/s1. The lowest BCUT2D eigenvalue weighted by Gasteiger charge is -2.50. The van der Waals surface area contributed by atoms with E-state index in [4.69, 9.17) is 84.3 Å². The fraction of sp³-hybridized carbons (Fsp3) is 0.800. The number of hydrogen-bond donors (Lipinski definition) is 0. The molecule has 518 valence electrons. The molecular weight excluding hydrogens is 1230 g/mol. The van der Waals surface area contributed by atoms with E-state index < -0.39 is 198 Å². The van der Waals surface area contributed by atoms with Crippen molar-refractivity contribution in [3.63, 3.8) is 0 Å². The molecule has 0 aromatic heterocycles. The Kier molecular flexibility index (Phi) is 35.2. The van der Waals surface area contributed by atoms with E-state index >= 15 is 0 Å². The Balaban J connectivity index is 2.50. The first-order valence-corrected chi connectivity index (χ1v) is 32.8. The molecule has 0 aliphatic carbocycles. The zero-order valence-corrected chi connectivity index (χ0v) is 55.5. The van der Waals surface area contributed by atoms with Crippen molar-refractivity contribution in [2.75, 3.05) is 19.8 Å². The normalized spacial score (nSPS) is 26.3. The summed E-state index contributed by atoms with van der Waals surface area (Å²) in [5.41, 5.74) is 0. The number of rotatable bonds is 38. The molecular formula is C60H94O30Si. The number of ether oxygens (including phenoxy) is 15. The number of carbonyl (C=O) groups is 12. The van der Waals surface area contributed by atoms with Crippen molar-refractivity contribution in [2.45, 2.75) is 291 Å². The van der Waals surface area contributed by atoms with Crippen molar-refractivity contribution in [3.8, 4) is 0 Å². The Labute approximate surface area is 531 Å². The van der Waals surface area contributed by atoms with Crippen LogP contribution in [-0.2, 0) is 142 Å². The van der Waals surface area contributed by atoms with Gasteiger partial charge in [-0.1, -0.05) is 103 Å². The second-order valence-electron chi connectivity index (χ2n) is 22.3. The summed E-state index contributed by atoms with van der Waals surface area (Å²) in [6.07, 6.45) is -13.5. The highest BCUT2D eigenvalue weighted by atomic mass is 28.4. The van der Waals surface area contributed by atoms with Crippen LogP contribution in [0.1, 0.15) is 193 Å². The summed E-state index contributed by atoms with van der Waals surface area (Å²) in [6.45, 7) is 11.8. The van der Waals surface area contributed by atoms with E-state index in [0.29, 0.717) is 12.8 Å². The summed E-state index contributed by atoms with van der Waals surface area (Å²) >= 11 is 0.